The highest BCUT2D eigenvalue weighted by molar-refractivity contribution is 7.89. The molecule has 1 saturated carbocycles. The zero-order valence-corrected chi connectivity index (χ0v) is 9.09. The molecule has 0 spiro atoms. The minimum atomic E-state index is -3.20. The first-order chi connectivity index (χ1) is 6.57. The molecule has 0 heterocycles. The molecule has 0 aromatic rings. The Bertz CT molecular complexity index is 259. The van der Waals surface area contributed by atoms with Crippen LogP contribution in [-0.4, -0.2) is 45.1 Å². The van der Waals surface area contributed by atoms with Crippen LogP contribution in [0.3, 0.4) is 0 Å². The molecule has 6 heteroatoms. The third-order valence-electron chi connectivity index (χ3n) is 2.35. The quantitative estimate of drug-likeness (QED) is 0.634. The lowest BCUT2D eigenvalue weighted by molar-refractivity contribution is 0.0236. The highest BCUT2D eigenvalue weighted by Crippen LogP contribution is 2.23. The van der Waals surface area contributed by atoms with E-state index < -0.39 is 10.0 Å². The minimum absolute atomic E-state index is 0.00233. The summed E-state index contributed by atoms with van der Waals surface area (Å²) in [5, 5.41) is 8.50. The number of hydrogen-bond donors (Lipinski definition) is 2. The lowest BCUT2D eigenvalue weighted by Crippen LogP contribution is -2.48. The van der Waals surface area contributed by atoms with E-state index in [-0.39, 0.29) is 30.9 Å². The fourth-order valence-electron chi connectivity index (χ4n) is 1.42. The molecule has 0 atom stereocenters. The molecule has 0 saturated heterocycles. The third kappa shape index (κ3) is 3.53. The zero-order chi connectivity index (χ0) is 10.6. The van der Waals surface area contributed by atoms with Gasteiger partial charge in [0.05, 0.1) is 11.9 Å². The van der Waals surface area contributed by atoms with Gasteiger partial charge in [0.1, 0.15) is 0 Å². The van der Waals surface area contributed by atoms with Crippen molar-refractivity contribution in [3.8, 4) is 0 Å². The number of rotatable bonds is 6. The number of hydrogen-bond acceptors (Lipinski definition) is 4. The van der Waals surface area contributed by atoms with Crippen molar-refractivity contribution in [2.24, 2.45) is 0 Å². The largest absolute Gasteiger partial charge is 0.396 e. The SMILES string of the molecule is COC1CC(NS(=O)(=O)CCCO)C1. The zero-order valence-electron chi connectivity index (χ0n) is 8.27. The molecule has 2 N–H and O–H groups in total. The van der Waals surface area contributed by atoms with Crippen LogP contribution in [0, 0.1) is 0 Å². The highest BCUT2D eigenvalue weighted by Gasteiger charge is 2.31. The van der Waals surface area contributed by atoms with Crippen LogP contribution in [0.15, 0.2) is 0 Å². The lowest BCUT2D eigenvalue weighted by atomic mass is 9.90. The number of ether oxygens (including phenoxy) is 1. The Balaban J connectivity index is 2.24. The van der Waals surface area contributed by atoms with Crippen LogP contribution in [0.2, 0.25) is 0 Å². The lowest BCUT2D eigenvalue weighted by Gasteiger charge is -2.34. The van der Waals surface area contributed by atoms with Crippen molar-refractivity contribution in [2.75, 3.05) is 19.5 Å². The van der Waals surface area contributed by atoms with E-state index in [1.165, 1.54) is 0 Å². The van der Waals surface area contributed by atoms with E-state index in [0.717, 1.165) is 12.8 Å². The Labute approximate surface area is 84.5 Å². The van der Waals surface area contributed by atoms with Gasteiger partial charge in [-0.15, -0.1) is 0 Å². The summed E-state index contributed by atoms with van der Waals surface area (Å²) in [4.78, 5) is 0. The number of aliphatic hydroxyl groups is 1. The second-order valence-electron chi connectivity index (χ2n) is 3.54. The smallest absolute Gasteiger partial charge is 0.211 e. The van der Waals surface area contributed by atoms with Gasteiger partial charge in [0, 0.05) is 19.8 Å². The average molecular weight is 223 g/mol. The van der Waals surface area contributed by atoms with Crippen molar-refractivity contribution in [1.29, 1.82) is 0 Å². The molecule has 14 heavy (non-hydrogen) atoms. The molecule has 0 amide bonds. The Hall–Kier alpha value is -0.170. The molecule has 1 aliphatic carbocycles. The topological polar surface area (TPSA) is 75.6 Å². The Morgan fingerprint density at radius 1 is 1.50 bits per heavy atom. The molecule has 1 rings (SSSR count). The predicted molar refractivity (Wildman–Crippen MR) is 52.4 cm³/mol. The molecule has 0 bridgehead atoms. The normalized spacial score (nSPS) is 27.3. The predicted octanol–water partition coefficient (Wildman–Crippen LogP) is -0.534. The second kappa shape index (κ2) is 5.06. The van der Waals surface area contributed by atoms with Gasteiger partial charge in [-0.1, -0.05) is 0 Å². The summed E-state index contributed by atoms with van der Waals surface area (Å²) < 4.78 is 30.3. The second-order valence-corrected chi connectivity index (χ2v) is 5.41. The summed E-state index contributed by atoms with van der Waals surface area (Å²) in [6.45, 7) is -0.0910. The number of sulfonamides is 1. The third-order valence-corrected chi connectivity index (χ3v) is 3.86. The summed E-state index contributed by atoms with van der Waals surface area (Å²) >= 11 is 0. The van der Waals surface area contributed by atoms with Gasteiger partial charge in [-0.05, 0) is 19.3 Å². The van der Waals surface area contributed by atoms with Crippen molar-refractivity contribution in [2.45, 2.75) is 31.4 Å². The van der Waals surface area contributed by atoms with E-state index >= 15 is 0 Å². The fraction of sp³-hybridized carbons (Fsp3) is 1.00. The van der Waals surface area contributed by atoms with Gasteiger partial charge in [0.25, 0.3) is 0 Å². The Morgan fingerprint density at radius 2 is 2.14 bits per heavy atom. The van der Waals surface area contributed by atoms with Crippen molar-refractivity contribution < 1.29 is 18.3 Å². The summed E-state index contributed by atoms with van der Waals surface area (Å²) in [5.74, 6) is -0.00233. The van der Waals surface area contributed by atoms with Gasteiger partial charge in [-0.25, -0.2) is 13.1 Å². The molecule has 0 unspecified atom stereocenters. The average Bonchev–Trinajstić information content (AvgIpc) is 2.07. The summed E-state index contributed by atoms with van der Waals surface area (Å²) in [6.07, 6.45) is 1.97. The standard InChI is InChI=1S/C8H17NO4S/c1-13-8-5-7(6-8)9-14(11,12)4-2-3-10/h7-10H,2-6H2,1H3. The van der Waals surface area contributed by atoms with Crippen LogP contribution in [0.25, 0.3) is 0 Å². The first-order valence-electron chi connectivity index (χ1n) is 4.71. The summed E-state index contributed by atoms with van der Waals surface area (Å²) in [7, 11) is -1.57. The molecule has 0 aromatic heterocycles. The number of aliphatic hydroxyl groups excluding tert-OH is 1. The summed E-state index contributed by atoms with van der Waals surface area (Å²) in [5.41, 5.74) is 0. The number of nitrogens with one attached hydrogen (secondary N) is 1. The molecule has 1 fully saturated rings. The van der Waals surface area contributed by atoms with Crippen LogP contribution in [0.1, 0.15) is 19.3 Å². The van der Waals surface area contributed by atoms with E-state index in [2.05, 4.69) is 4.72 Å². The van der Waals surface area contributed by atoms with Crippen molar-refractivity contribution in [1.82, 2.24) is 4.72 Å². The monoisotopic (exact) mass is 223 g/mol. The maximum absolute atomic E-state index is 11.3. The van der Waals surface area contributed by atoms with E-state index in [1.54, 1.807) is 7.11 Å². The van der Waals surface area contributed by atoms with E-state index in [4.69, 9.17) is 9.84 Å². The van der Waals surface area contributed by atoms with E-state index in [9.17, 15) is 8.42 Å². The van der Waals surface area contributed by atoms with Crippen LogP contribution in [-0.2, 0) is 14.8 Å². The van der Waals surface area contributed by atoms with Gasteiger partial charge < -0.3 is 9.84 Å². The van der Waals surface area contributed by atoms with Crippen LogP contribution >= 0.6 is 0 Å². The van der Waals surface area contributed by atoms with Crippen molar-refractivity contribution in [3.63, 3.8) is 0 Å². The van der Waals surface area contributed by atoms with Crippen LogP contribution in [0.4, 0.5) is 0 Å². The highest BCUT2D eigenvalue weighted by atomic mass is 32.2. The molecule has 1 aliphatic rings. The molecular weight excluding hydrogens is 206 g/mol. The first kappa shape index (κ1) is 11.9. The number of methoxy groups -OCH3 is 1. The molecule has 0 radical (unpaired) electrons. The molecular formula is C8H17NO4S. The van der Waals surface area contributed by atoms with Gasteiger partial charge >= 0.3 is 0 Å². The fourth-order valence-corrected chi connectivity index (χ4v) is 2.75. The van der Waals surface area contributed by atoms with E-state index in [0.29, 0.717) is 0 Å². The molecule has 0 aliphatic heterocycles. The van der Waals surface area contributed by atoms with E-state index in [1.807, 2.05) is 0 Å². The Morgan fingerprint density at radius 3 is 2.64 bits per heavy atom. The molecule has 5 nitrogen and oxygen atoms in total. The van der Waals surface area contributed by atoms with Gasteiger partial charge in [0.15, 0.2) is 0 Å². The van der Waals surface area contributed by atoms with Crippen LogP contribution < -0.4 is 4.72 Å². The van der Waals surface area contributed by atoms with Crippen molar-refractivity contribution in [3.05, 3.63) is 0 Å². The van der Waals surface area contributed by atoms with Gasteiger partial charge in [-0.2, -0.15) is 0 Å². The minimum Gasteiger partial charge on any atom is -0.396 e. The van der Waals surface area contributed by atoms with Gasteiger partial charge in [-0.3, -0.25) is 0 Å². The molecule has 84 valence electrons. The maximum Gasteiger partial charge on any atom is 0.211 e. The Kier molecular flexibility index (Phi) is 4.31. The summed E-state index contributed by atoms with van der Waals surface area (Å²) in [6, 6.07) is 0.0173. The maximum atomic E-state index is 11.3. The first-order valence-corrected chi connectivity index (χ1v) is 6.36. The van der Waals surface area contributed by atoms with Gasteiger partial charge in [0.2, 0.25) is 10.0 Å². The molecule has 0 aromatic carbocycles. The van der Waals surface area contributed by atoms with Crippen LogP contribution in [0.5, 0.6) is 0 Å². The van der Waals surface area contributed by atoms with Crippen molar-refractivity contribution >= 4 is 10.0 Å².